The van der Waals surface area contributed by atoms with Gasteiger partial charge in [-0.1, -0.05) is 0 Å². The van der Waals surface area contributed by atoms with Crippen molar-refractivity contribution in [2.24, 2.45) is 0 Å². The van der Waals surface area contributed by atoms with Crippen molar-refractivity contribution < 1.29 is 23.2 Å². The first-order chi connectivity index (χ1) is 14.2. The third-order valence-corrected chi connectivity index (χ3v) is 4.80. The summed E-state index contributed by atoms with van der Waals surface area (Å²) in [6.07, 6.45) is 1.22. The van der Waals surface area contributed by atoms with Crippen molar-refractivity contribution in [2.45, 2.75) is 44.6 Å². The number of aromatic nitrogens is 3. The lowest BCUT2D eigenvalue weighted by atomic mass is 9.92. The molecule has 0 spiro atoms. The van der Waals surface area contributed by atoms with E-state index in [0.717, 1.165) is 0 Å². The SMILES string of the molecule is CCOC(=O)c1ccn(-c2cc(NC)c([N+](=O)[O-])c(NC3CCC(F)(F)CC3)n2)n1. The summed E-state index contributed by atoms with van der Waals surface area (Å²) in [5.41, 5.74) is -0.0646. The lowest BCUT2D eigenvalue weighted by Crippen LogP contribution is -2.32. The molecule has 3 rings (SSSR count). The molecule has 30 heavy (non-hydrogen) atoms. The number of hydrogen-bond donors (Lipinski definition) is 2. The molecule has 0 bridgehead atoms. The van der Waals surface area contributed by atoms with Crippen LogP contribution < -0.4 is 10.6 Å². The number of alkyl halides is 2. The number of pyridine rings is 1. The van der Waals surface area contributed by atoms with Crippen LogP contribution in [0.25, 0.3) is 5.82 Å². The van der Waals surface area contributed by atoms with Gasteiger partial charge in [-0.15, -0.1) is 0 Å². The maximum absolute atomic E-state index is 13.4. The fraction of sp³-hybridized carbons (Fsp3) is 0.500. The summed E-state index contributed by atoms with van der Waals surface area (Å²) in [7, 11) is 1.52. The van der Waals surface area contributed by atoms with Crippen LogP contribution in [0.5, 0.6) is 0 Å². The number of nitrogens with one attached hydrogen (secondary N) is 2. The lowest BCUT2D eigenvalue weighted by Gasteiger charge is -2.29. The van der Waals surface area contributed by atoms with Gasteiger partial charge >= 0.3 is 11.7 Å². The first kappa shape index (κ1) is 21.4. The van der Waals surface area contributed by atoms with Gasteiger partial charge in [0.2, 0.25) is 11.7 Å². The van der Waals surface area contributed by atoms with Crippen LogP contribution in [0, 0.1) is 10.1 Å². The molecule has 12 heteroatoms. The highest BCUT2D eigenvalue weighted by Gasteiger charge is 2.36. The van der Waals surface area contributed by atoms with Crippen LogP contribution in [-0.4, -0.2) is 51.3 Å². The second kappa shape index (κ2) is 8.59. The monoisotopic (exact) mass is 424 g/mol. The minimum Gasteiger partial charge on any atom is -0.461 e. The molecular formula is C18H22F2N6O4. The van der Waals surface area contributed by atoms with E-state index in [4.69, 9.17) is 4.74 Å². The van der Waals surface area contributed by atoms with Crippen molar-refractivity contribution in [1.82, 2.24) is 14.8 Å². The number of nitro groups is 1. The number of nitrogens with zero attached hydrogens (tertiary/aromatic N) is 4. The van der Waals surface area contributed by atoms with Gasteiger partial charge in [-0.3, -0.25) is 10.1 Å². The predicted octanol–water partition coefficient (Wildman–Crippen LogP) is 3.38. The summed E-state index contributed by atoms with van der Waals surface area (Å²) < 4.78 is 33.1. The number of carbonyl (C=O) groups is 1. The molecule has 2 heterocycles. The van der Waals surface area contributed by atoms with E-state index in [-0.39, 0.29) is 67.0 Å². The highest BCUT2D eigenvalue weighted by Crippen LogP contribution is 2.37. The number of anilines is 2. The Morgan fingerprint density at radius 2 is 2.13 bits per heavy atom. The van der Waals surface area contributed by atoms with Crippen LogP contribution in [0.4, 0.5) is 26.0 Å². The fourth-order valence-corrected chi connectivity index (χ4v) is 3.26. The van der Waals surface area contributed by atoms with Gasteiger partial charge in [0.1, 0.15) is 5.69 Å². The molecule has 1 fully saturated rings. The van der Waals surface area contributed by atoms with E-state index in [9.17, 15) is 23.7 Å². The Bertz CT molecular complexity index is 939. The zero-order chi connectivity index (χ0) is 21.9. The smallest absolute Gasteiger partial charge is 0.358 e. The maximum atomic E-state index is 13.4. The van der Waals surface area contributed by atoms with Gasteiger partial charge in [-0.25, -0.2) is 23.2 Å². The fourth-order valence-electron chi connectivity index (χ4n) is 3.26. The van der Waals surface area contributed by atoms with E-state index in [1.807, 2.05) is 0 Å². The van der Waals surface area contributed by atoms with E-state index in [1.165, 1.54) is 30.1 Å². The minimum atomic E-state index is -2.71. The second-order valence-electron chi connectivity index (χ2n) is 6.87. The van der Waals surface area contributed by atoms with Crippen molar-refractivity contribution >= 4 is 23.2 Å². The molecule has 0 aliphatic heterocycles. The first-order valence-corrected chi connectivity index (χ1v) is 9.49. The number of esters is 1. The van der Waals surface area contributed by atoms with Gasteiger partial charge in [0.15, 0.2) is 11.5 Å². The Morgan fingerprint density at radius 3 is 2.73 bits per heavy atom. The number of hydrogen-bond acceptors (Lipinski definition) is 8. The maximum Gasteiger partial charge on any atom is 0.358 e. The summed E-state index contributed by atoms with van der Waals surface area (Å²) in [5.74, 6) is -3.16. The molecule has 0 atom stereocenters. The molecule has 162 valence electrons. The highest BCUT2D eigenvalue weighted by atomic mass is 19.3. The predicted molar refractivity (Wildman–Crippen MR) is 104 cm³/mol. The molecule has 1 saturated carbocycles. The molecule has 10 nitrogen and oxygen atoms in total. The van der Waals surface area contributed by atoms with Crippen molar-refractivity contribution in [3.63, 3.8) is 0 Å². The van der Waals surface area contributed by atoms with E-state index >= 15 is 0 Å². The molecule has 0 saturated heterocycles. The number of halogens is 2. The Labute approximate surface area is 170 Å². The van der Waals surface area contributed by atoms with Gasteiger partial charge in [0, 0.05) is 38.2 Å². The van der Waals surface area contributed by atoms with Crippen LogP contribution in [0.1, 0.15) is 43.1 Å². The molecule has 0 radical (unpaired) electrons. The van der Waals surface area contributed by atoms with Crippen LogP contribution >= 0.6 is 0 Å². The summed E-state index contributed by atoms with van der Waals surface area (Å²) in [5, 5.41) is 21.5. The third kappa shape index (κ3) is 4.63. The van der Waals surface area contributed by atoms with Crippen LogP contribution in [0.2, 0.25) is 0 Å². The Kier molecular flexibility index (Phi) is 6.13. The normalized spacial score (nSPS) is 16.1. The average Bonchev–Trinajstić information content (AvgIpc) is 3.19. The Hall–Kier alpha value is -3.31. The molecule has 2 aromatic heterocycles. The standard InChI is InChI=1S/C18H22F2N6O4/c1-3-30-17(27)12-6-9-25(24-12)14-10-13(21-2)15(26(28)29)16(23-14)22-11-4-7-18(19,20)8-5-11/h6,9-11H,3-5,7-8H2,1-2H3,(H2,21,22,23). The largest absolute Gasteiger partial charge is 0.461 e. The van der Waals surface area contributed by atoms with Crippen molar-refractivity contribution in [3.8, 4) is 5.82 Å². The molecule has 0 aromatic carbocycles. The summed E-state index contributed by atoms with van der Waals surface area (Å²) in [6.45, 7) is 1.87. The zero-order valence-electron chi connectivity index (χ0n) is 16.5. The quantitative estimate of drug-likeness (QED) is 0.394. The van der Waals surface area contributed by atoms with Gasteiger partial charge in [-0.05, 0) is 25.8 Å². The zero-order valence-corrected chi connectivity index (χ0v) is 16.5. The third-order valence-electron chi connectivity index (χ3n) is 4.80. The molecular weight excluding hydrogens is 402 g/mol. The summed E-state index contributed by atoms with van der Waals surface area (Å²) >= 11 is 0. The molecule has 0 unspecified atom stereocenters. The Balaban J connectivity index is 1.95. The Morgan fingerprint density at radius 1 is 1.43 bits per heavy atom. The highest BCUT2D eigenvalue weighted by molar-refractivity contribution is 5.87. The summed E-state index contributed by atoms with van der Waals surface area (Å²) in [6, 6.07) is 2.49. The molecule has 1 aliphatic carbocycles. The van der Waals surface area contributed by atoms with E-state index < -0.39 is 16.8 Å². The van der Waals surface area contributed by atoms with Crippen LogP contribution in [0.3, 0.4) is 0 Å². The van der Waals surface area contributed by atoms with Crippen molar-refractivity contribution in [1.29, 1.82) is 0 Å². The van der Waals surface area contributed by atoms with Crippen LogP contribution in [-0.2, 0) is 4.74 Å². The number of ether oxygens (including phenoxy) is 1. The lowest BCUT2D eigenvalue weighted by molar-refractivity contribution is -0.383. The van der Waals surface area contributed by atoms with Gasteiger partial charge in [-0.2, -0.15) is 5.10 Å². The van der Waals surface area contributed by atoms with Gasteiger partial charge < -0.3 is 15.4 Å². The number of carbonyl (C=O) groups excluding carboxylic acids is 1. The van der Waals surface area contributed by atoms with E-state index in [2.05, 4.69) is 20.7 Å². The van der Waals surface area contributed by atoms with Gasteiger partial charge in [0.05, 0.1) is 11.5 Å². The molecule has 2 N–H and O–H groups in total. The van der Waals surface area contributed by atoms with Gasteiger partial charge in [0.25, 0.3) is 0 Å². The van der Waals surface area contributed by atoms with E-state index in [1.54, 1.807) is 6.92 Å². The first-order valence-electron chi connectivity index (χ1n) is 9.49. The summed E-state index contributed by atoms with van der Waals surface area (Å²) in [4.78, 5) is 27.2. The molecule has 2 aromatic rings. The van der Waals surface area contributed by atoms with Crippen molar-refractivity contribution in [3.05, 3.63) is 34.1 Å². The van der Waals surface area contributed by atoms with Crippen LogP contribution in [0.15, 0.2) is 18.3 Å². The topological polar surface area (TPSA) is 124 Å². The van der Waals surface area contributed by atoms with Crippen molar-refractivity contribution in [2.75, 3.05) is 24.3 Å². The van der Waals surface area contributed by atoms with E-state index in [0.29, 0.717) is 0 Å². The molecule has 1 aliphatic rings. The average molecular weight is 424 g/mol. The molecule has 0 amide bonds. The minimum absolute atomic E-state index is 0.0507. The second-order valence-corrected chi connectivity index (χ2v) is 6.87. The number of rotatable bonds is 7.